The van der Waals surface area contributed by atoms with Crippen molar-refractivity contribution in [3.05, 3.63) is 52.3 Å². The summed E-state index contributed by atoms with van der Waals surface area (Å²) in [7, 11) is 1.86. The van der Waals surface area contributed by atoms with Gasteiger partial charge in [0, 0.05) is 18.8 Å². The topological polar surface area (TPSA) is 46.9 Å². The van der Waals surface area contributed by atoms with Crippen LogP contribution < -0.4 is 5.32 Å². The van der Waals surface area contributed by atoms with Crippen LogP contribution in [0.3, 0.4) is 0 Å². The van der Waals surface area contributed by atoms with E-state index in [0.29, 0.717) is 6.42 Å². The van der Waals surface area contributed by atoms with E-state index in [1.54, 1.807) is 4.68 Å². The van der Waals surface area contributed by atoms with Gasteiger partial charge in [-0.2, -0.15) is 5.10 Å². The molecule has 0 bridgehead atoms. The van der Waals surface area contributed by atoms with Gasteiger partial charge in [0.2, 0.25) is 0 Å². The Morgan fingerprint density at radius 2 is 2.05 bits per heavy atom. The Hall–Kier alpha value is -2.24. The first-order valence-electron chi connectivity index (χ1n) is 7.04. The van der Waals surface area contributed by atoms with E-state index in [2.05, 4.69) is 10.4 Å². The highest BCUT2D eigenvalue weighted by atomic mass is 19.1. The average molecular weight is 307 g/mol. The Morgan fingerprint density at radius 1 is 1.36 bits per heavy atom. The van der Waals surface area contributed by atoms with E-state index < -0.39 is 17.5 Å². The van der Waals surface area contributed by atoms with Crippen LogP contribution in [0.15, 0.2) is 18.2 Å². The molecule has 0 aliphatic carbocycles. The first kappa shape index (κ1) is 16.1. The molecular weight excluding hydrogens is 288 g/mol. The summed E-state index contributed by atoms with van der Waals surface area (Å²) in [5.41, 5.74) is 2.69. The van der Waals surface area contributed by atoms with Crippen LogP contribution in [0.25, 0.3) is 0 Å². The van der Waals surface area contributed by atoms with E-state index in [1.165, 1.54) is 0 Å². The summed E-state index contributed by atoms with van der Waals surface area (Å²) in [5.74, 6) is -2.00. The monoisotopic (exact) mass is 307 g/mol. The minimum atomic E-state index is -0.736. The standard InChI is InChI=1S/C16H19F2N3O/c1-9(7-13-10(2)20-21(4)11(13)3)19-16(22)14-8-12(17)5-6-15(14)18/h5-6,8-9H,7H2,1-4H3,(H,19,22). The number of nitrogens with zero attached hydrogens (tertiary/aromatic N) is 2. The van der Waals surface area contributed by atoms with Gasteiger partial charge in [-0.25, -0.2) is 8.78 Å². The summed E-state index contributed by atoms with van der Waals surface area (Å²) < 4.78 is 28.5. The fourth-order valence-corrected chi connectivity index (χ4v) is 2.44. The third-order valence-corrected chi connectivity index (χ3v) is 3.72. The number of rotatable bonds is 4. The van der Waals surface area contributed by atoms with E-state index in [1.807, 2.05) is 27.8 Å². The Bertz CT molecular complexity index is 710. The summed E-state index contributed by atoms with van der Waals surface area (Å²) >= 11 is 0. The molecule has 1 aromatic carbocycles. The van der Waals surface area contributed by atoms with Gasteiger partial charge < -0.3 is 5.32 Å². The number of aryl methyl sites for hydroxylation is 2. The zero-order valence-electron chi connectivity index (χ0n) is 13.1. The zero-order valence-corrected chi connectivity index (χ0v) is 13.1. The molecule has 118 valence electrons. The summed E-state index contributed by atoms with van der Waals surface area (Å²) in [4.78, 5) is 12.1. The molecule has 2 aromatic rings. The fraction of sp³-hybridized carbons (Fsp3) is 0.375. The molecule has 0 aliphatic rings. The Labute approximate surface area is 128 Å². The first-order valence-corrected chi connectivity index (χ1v) is 7.04. The van der Waals surface area contributed by atoms with Crippen molar-refractivity contribution in [3.63, 3.8) is 0 Å². The quantitative estimate of drug-likeness (QED) is 0.944. The maximum atomic E-state index is 13.6. The van der Waals surface area contributed by atoms with Crippen molar-refractivity contribution in [2.24, 2.45) is 7.05 Å². The van der Waals surface area contributed by atoms with Crippen LogP contribution in [0.5, 0.6) is 0 Å². The predicted molar refractivity (Wildman–Crippen MR) is 79.7 cm³/mol. The molecule has 1 aromatic heterocycles. The number of amides is 1. The largest absolute Gasteiger partial charge is 0.349 e. The third-order valence-electron chi connectivity index (χ3n) is 3.72. The van der Waals surface area contributed by atoms with Gasteiger partial charge in [0.25, 0.3) is 5.91 Å². The molecule has 0 radical (unpaired) electrons. The number of benzene rings is 1. The van der Waals surface area contributed by atoms with Crippen LogP contribution in [0, 0.1) is 25.5 Å². The minimum absolute atomic E-state index is 0.225. The van der Waals surface area contributed by atoms with Gasteiger partial charge in [0.15, 0.2) is 0 Å². The number of hydrogen-bond donors (Lipinski definition) is 1. The van der Waals surface area contributed by atoms with Crippen LogP contribution >= 0.6 is 0 Å². The maximum absolute atomic E-state index is 13.6. The zero-order chi connectivity index (χ0) is 16.4. The first-order chi connectivity index (χ1) is 10.3. The van der Waals surface area contributed by atoms with E-state index in [0.717, 1.165) is 35.2 Å². The number of halogens is 2. The molecule has 22 heavy (non-hydrogen) atoms. The van der Waals surface area contributed by atoms with E-state index in [4.69, 9.17) is 0 Å². The summed E-state index contributed by atoms with van der Waals surface area (Å²) in [6, 6.07) is 2.61. The summed E-state index contributed by atoms with van der Waals surface area (Å²) in [6.07, 6.45) is 0.578. The molecule has 0 saturated heterocycles. The van der Waals surface area contributed by atoms with Crippen molar-refractivity contribution in [2.45, 2.75) is 33.2 Å². The third kappa shape index (κ3) is 3.32. The maximum Gasteiger partial charge on any atom is 0.254 e. The average Bonchev–Trinajstić information content (AvgIpc) is 2.68. The van der Waals surface area contributed by atoms with Crippen molar-refractivity contribution in [2.75, 3.05) is 0 Å². The van der Waals surface area contributed by atoms with Gasteiger partial charge in [0.1, 0.15) is 11.6 Å². The van der Waals surface area contributed by atoms with Gasteiger partial charge in [-0.1, -0.05) is 0 Å². The lowest BCUT2D eigenvalue weighted by Gasteiger charge is -2.14. The molecule has 1 N–H and O–H groups in total. The van der Waals surface area contributed by atoms with E-state index >= 15 is 0 Å². The molecule has 1 unspecified atom stereocenters. The molecule has 2 rings (SSSR count). The number of hydrogen-bond acceptors (Lipinski definition) is 2. The predicted octanol–water partition coefficient (Wildman–Crippen LogP) is 2.68. The van der Waals surface area contributed by atoms with Crippen LogP contribution in [-0.2, 0) is 13.5 Å². The van der Waals surface area contributed by atoms with Crippen molar-refractivity contribution < 1.29 is 13.6 Å². The Morgan fingerprint density at radius 3 is 2.64 bits per heavy atom. The highest BCUT2D eigenvalue weighted by Gasteiger charge is 2.18. The Kier molecular flexibility index (Phi) is 4.59. The van der Waals surface area contributed by atoms with Crippen molar-refractivity contribution in [1.29, 1.82) is 0 Å². The SMILES string of the molecule is Cc1nn(C)c(C)c1CC(C)NC(=O)c1cc(F)ccc1F. The summed E-state index contributed by atoms with van der Waals surface area (Å²) in [6.45, 7) is 5.68. The number of carbonyl (C=O) groups excluding carboxylic acids is 1. The van der Waals surface area contributed by atoms with Gasteiger partial charge in [0.05, 0.1) is 11.3 Å². The second-order valence-electron chi connectivity index (χ2n) is 5.48. The van der Waals surface area contributed by atoms with Gasteiger partial charge in [-0.15, -0.1) is 0 Å². The molecular formula is C16H19F2N3O. The Balaban J connectivity index is 2.10. The fourth-order valence-electron chi connectivity index (χ4n) is 2.44. The van der Waals surface area contributed by atoms with E-state index in [9.17, 15) is 13.6 Å². The molecule has 1 amide bonds. The van der Waals surface area contributed by atoms with E-state index in [-0.39, 0.29) is 11.6 Å². The lowest BCUT2D eigenvalue weighted by atomic mass is 10.0. The van der Waals surface area contributed by atoms with Crippen LogP contribution in [0.1, 0.15) is 34.2 Å². The van der Waals surface area contributed by atoms with Crippen LogP contribution in [0.4, 0.5) is 8.78 Å². The molecule has 0 fully saturated rings. The minimum Gasteiger partial charge on any atom is -0.349 e. The molecule has 4 nitrogen and oxygen atoms in total. The smallest absolute Gasteiger partial charge is 0.254 e. The number of nitrogens with one attached hydrogen (secondary N) is 1. The molecule has 6 heteroatoms. The summed E-state index contributed by atoms with van der Waals surface area (Å²) in [5, 5.41) is 7.01. The van der Waals surface area contributed by atoms with Gasteiger partial charge >= 0.3 is 0 Å². The number of carbonyl (C=O) groups is 1. The second-order valence-corrected chi connectivity index (χ2v) is 5.48. The second kappa shape index (κ2) is 6.25. The molecule has 0 saturated carbocycles. The highest BCUT2D eigenvalue weighted by Crippen LogP contribution is 2.15. The normalized spacial score (nSPS) is 12.3. The van der Waals surface area contributed by atoms with Crippen molar-refractivity contribution in [3.8, 4) is 0 Å². The van der Waals surface area contributed by atoms with Crippen LogP contribution in [-0.4, -0.2) is 21.7 Å². The molecule has 1 heterocycles. The lowest BCUT2D eigenvalue weighted by molar-refractivity contribution is 0.0935. The number of aromatic nitrogens is 2. The van der Waals surface area contributed by atoms with Gasteiger partial charge in [-0.05, 0) is 51.0 Å². The van der Waals surface area contributed by atoms with Crippen molar-refractivity contribution in [1.82, 2.24) is 15.1 Å². The van der Waals surface area contributed by atoms with Gasteiger partial charge in [-0.3, -0.25) is 9.48 Å². The molecule has 0 aliphatic heterocycles. The van der Waals surface area contributed by atoms with Crippen LogP contribution in [0.2, 0.25) is 0 Å². The molecule has 0 spiro atoms. The molecule has 1 atom stereocenters. The highest BCUT2D eigenvalue weighted by molar-refractivity contribution is 5.94. The lowest BCUT2D eigenvalue weighted by Crippen LogP contribution is -2.34. The van der Waals surface area contributed by atoms with Crippen molar-refractivity contribution >= 4 is 5.91 Å².